The quantitative estimate of drug-likeness (QED) is 0.738. The molecule has 1 saturated heterocycles. The van der Waals surface area contributed by atoms with Crippen molar-refractivity contribution in [2.45, 2.75) is 57.7 Å². The van der Waals surface area contributed by atoms with Crippen molar-refractivity contribution < 1.29 is 9.47 Å². The number of hydrogen-bond acceptors (Lipinski definition) is 3. The fraction of sp³-hybridized carbons (Fsp3) is 1.00. The monoisotopic (exact) mass is 215 g/mol. The topological polar surface area (TPSA) is 44.5 Å². The van der Waals surface area contributed by atoms with E-state index < -0.39 is 0 Å². The highest BCUT2D eigenvalue weighted by Crippen LogP contribution is 2.21. The Bertz CT molecular complexity index is 155. The summed E-state index contributed by atoms with van der Waals surface area (Å²) >= 11 is 0. The first-order chi connectivity index (χ1) is 7.26. The van der Waals surface area contributed by atoms with Gasteiger partial charge in [0.25, 0.3) is 0 Å². The maximum Gasteiger partial charge on any atom is 0.0808 e. The summed E-state index contributed by atoms with van der Waals surface area (Å²) in [6.45, 7) is 6.48. The fourth-order valence-corrected chi connectivity index (χ4v) is 2.01. The Kier molecular flexibility index (Phi) is 5.58. The molecule has 1 aliphatic rings. The molecular formula is C12H25NO2. The molecule has 0 aromatic heterocycles. The zero-order valence-corrected chi connectivity index (χ0v) is 10.1. The van der Waals surface area contributed by atoms with Gasteiger partial charge in [0.2, 0.25) is 0 Å². The van der Waals surface area contributed by atoms with E-state index in [1.165, 1.54) is 12.8 Å². The molecule has 2 N–H and O–H groups in total. The predicted octanol–water partition coefficient (Wildman–Crippen LogP) is 2.09. The molecule has 0 spiro atoms. The van der Waals surface area contributed by atoms with Crippen molar-refractivity contribution in [1.29, 1.82) is 0 Å². The van der Waals surface area contributed by atoms with Gasteiger partial charge in [-0.2, -0.15) is 0 Å². The van der Waals surface area contributed by atoms with Crippen LogP contribution in [0.4, 0.5) is 0 Å². The van der Waals surface area contributed by atoms with Crippen molar-refractivity contribution >= 4 is 0 Å². The Labute approximate surface area is 93.3 Å². The Morgan fingerprint density at radius 2 is 2.07 bits per heavy atom. The maximum absolute atomic E-state index is 5.97. The summed E-state index contributed by atoms with van der Waals surface area (Å²) in [7, 11) is 0. The molecule has 1 rings (SSSR count). The lowest BCUT2D eigenvalue weighted by Crippen LogP contribution is -2.42. The molecule has 0 amide bonds. The minimum Gasteiger partial charge on any atom is -0.376 e. The van der Waals surface area contributed by atoms with E-state index in [9.17, 15) is 0 Å². The van der Waals surface area contributed by atoms with Gasteiger partial charge in [-0.15, -0.1) is 0 Å². The van der Waals surface area contributed by atoms with E-state index in [0.29, 0.717) is 19.3 Å². The average Bonchev–Trinajstić information content (AvgIpc) is 2.33. The van der Waals surface area contributed by atoms with E-state index in [1.54, 1.807) is 0 Å². The van der Waals surface area contributed by atoms with Gasteiger partial charge in [-0.25, -0.2) is 0 Å². The first-order valence-electron chi connectivity index (χ1n) is 6.22. The van der Waals surface area contributed by atoms with Gasteiger partial charge in [0.05, 0.1) is 18.3 Å². The molecule has 1 aliphatic heterocycles. The van der Waals surface area contributed by atoms with Gasteiger partial charge >= 0.3 is 0 Å². The van der Waals surface area contributed by atoms with E-state index in [0.717, 1.165) is 25.9 Å². The van der Waals surface area contributed by atoms with Crippen molar-refractivity contribution in [1.82, 2.24) is 0 Å². The molecular weight excluding hydrogens is 190 g/mol. The molecule has 0 saturated carbocycles. The minimum absolute atomic E-state index is 0.124. The van der Waals surface area contributed by atoms with E-state index in [4.69, 9.17) is 15.2 Å². The second-order valence-corrected chi connectivity index (χ2v) is 4.39. The molecule has 15 heavy (non-hydrogen) atoms. The van der Waals surface area contributed by atoms with E-state index in [2.05, 4.69) is 13.8 Å². The van der Waals surface area contributed by atoms with Gasteiger partial charge in [0.1, 0.15) is 0 Å². The van der Waals surface area contributed by atoms with Crippen LogP contribution in [0.3, 0.4) is 0 Å². The third-order valence-electron chi connectivity index (χ3n) is 3.51. The number of nitrogens with two attached hydrogens (primary N) is 1. The third-order valence-corrected chi connectivity index (χ3v) is 3.51. The van der Waals surface area contributed by atoms with Gasteiger partial charge in [-0.05, 0) is 32.1 Å². The Morgan fingerprint density at radius 1 is 1.33 bits per heavy atom. The van der Waals surface area contributed by atoms with Crippen molar-refractivity contribution in [2.75, 3.05) is 19.8 Å². The molecule has 90 valence electrons. The molecule has 0 aromatic rings. The Hall–Kier alpha value is -0.120. The van der Waals surface area contributed by atoms with Crippen LogP contribution in [0, 0.1) is 0 Å². The van der Waals surface area contributed by atoms with Crippen molar-refractivity contribution in [3.8, 4) is 0 Å². The first-order valence-corrected chi connectivity index (χ1v) is 6.22. The van der Waals surface area contributed by atoms with Crippen LogP contribution in [0.25, 0.3) is 0 Å². The summed E-state index contributed by atoms with van der Waals surface area (Å²) in [6, 6.07) is 0. The van der Waals surface area contributed by atoms with Gasteiger partial charge < -0.3 is 15.2 Å². The molecule has 3 heteroatoms. The van der Waals surface area contributed by atoms with Crippen LogP contribution in [-0.4, -0.2) is 31.5 Å². The lowest BCUT2D eigenvalue weighted by atomic mass is 9.97. The first kappa shape index (κ1) is 12.9. The van der Waals surface area contributed by atoms with Gasteiger partial charge in [0.15, 0.2) is 0 Å². The van der Waals surface area contributed by atoms with Crippen LogP contribution in [0.2, 0.25) is 0 Å². The smallest absolute Gasteiger partial charge is 0.0808 e. The fourth-order valence-electron chi connectivity index (χ4n) is 2.01. The standard InChI is InChI=1S/C12H25NO2/c1-3-12(4-2,10-13)15-9-11-7-5-6-8-14-11/h11H,3-10,13H2,1-2H3. The van der Waals surface area contributed by atoms with E-state index >= 15 is 0 Å². The molecule has 0 aromatic carbocycles. The summed E-state index contributed by atoms with van der Waals surface area (Å²) in [6.07, 6.45) is 5.85. The van der Waals surface area contributed by atoms with Crippen molar-refractivity contribution in [3.05, 3.63) is 0 Å². The van der Waals surface area contributed by atoms with E-state index in [1.807, 2.05) is 0 Å². The zero-order valence-electron chi connectivity index (χ0n) is 10.1. The van der Waals surface area contributed by atoms with Crippen LogP contribution in [0.5, 0.6) is 0 Å². The van der Waals surface area contributed by atoms with Crippen LogP contribution in [0.15, 0.2) is 0 Å². The minimum atomic E-state index is -0.124. The van der Waals surface area contributed by atoms with E-state index in [-0.39, 0.29) is 5.60 Å². The lowest BCUT2D eigenvalue weighted by Gasteiger charge is -2.33. The second kappa shape index (κ2) is 6.46. The Balaban J connectivity index is 2.31. The van der Waals surface area contributed by atoms with Gasteiger partial charge in [-0.1, -0.05) is 13.8 Å². The third kappa shape index (κ3) is 3.74. The summed E-state index contributed by atoms with van der Waals surface area (Å²) in [5.74, 6) is 0. The predicted molar refractivity (Wildman–Crippen MR) is 61.9 cm³/mol. The van der Waals surface area contributed by atoms with Crippen LogP contribution >= 0.6 is 0 Å². The number of rotatable bonds is 6. The average molecular weight is 215 g/mol. The molecule has 0 bridgehead atoms. The molecule has 3 nitrogen and oxygen atoms in total. The highest BCUT2D eigenvalue weighted by Gasteiger charge is 2.27. The number of ether oxygens (including phenoxy) is 2. The normalized spacial score (nSPS) is 23.0. The molecule has 1 unspecified atom stereocenters. The van der Waals surface area contributed by atoms with Gasteiger partial charge in [-0.3, -0.25) is 0 Å². The molecule has 1 fully saturated rings. The lowest BCUT2D eigenvalue weighted by molar-refractivity contribution is -0.106. The highest BCUT2D eigenvalue weighted by molar-refractivity contribution is 4.79. The molecule has 1 heterocycles. The van der Waals surface area contributed by atoms with Crippen molar-refractivity contribution in [3.63, 3.8) is 0 Å². The summed E-state index contributed by atoms with van der Waals surface area (Å²) < 4.78 is 11.6. The van der Waals surface area contributed by atoms with Crippen LogP contribution < -0.4 is 5.73 Å². The molecule has 1 atom stereocenters. The number of hydrogen-bond donors (Lipinski definition) is 1. The summed E-state index contributed by atoms with van der Waals surface area (Å²) in [5.41, 5.74) is 5.65. The van der Waals surface area contributed by atoms with Crippen LogP contribution in [0.1, 0.15) is 46.0 Å². The highest BCUT2D eigenvalue weighted by atomic mass is 16.5. The molecule has 0 radical (unpaired) electrons. The zero-order chi connectivity index (χ0) is 11.1. The van der Waals surface area contributed by atoms with Crippen molar-refractivity contribution in [2.24, 2.45) is 5.73 Å². The summed E-state index contributed by atoms with van der Waals surface area (Å²) in [4.78, 5) is 0. The summed E-state index contributed by atoms with van der Waals surface area (Å²) in [5, 5.41) is 0. The SMILES string of the molecule is CCC(CC)(CN)OCC1CCCCO1. The maximum atomic E-state index is 5.97. The second-order valence-electron chi connectivity index (χ2n) is 4.39. The largest absolute Gasteiger partial charge is 0.376 e. The van der Waals surface area contributed by atoms with Crippen LogP contribution in [-0.2, 0) is 9.47 Å². The molecule has 0 aliphatic carbocycles. The Morgan fingerprint density at radius 3 is 2.53 bits per heavy atom. The van der Waals surface area contributed by atoms with Gasteiger partial charge in [0, 0.05) is 13.2 Å².